The van der Waals surface area contributed by atoms with Crippen LogP contribution in [0.1, 0.15) is 12.8 Å². The highest BCUT2D eigenvalue weighted by Crippen LogP contribution is 2.32. The molecular formula is C13H15NO5. The van der Waals surface area contributed by atoms with E-state index in [1.807, 2.05) is 0 Å². The summed E-state index contributed by atoms with van der Waals surface area (Å²) in [5.74, 6) is 0.327. The Balaban J connectivity index is 1.55. The molecule has 2 saturated heterocycles. The van der Waals surface area contributed by atoms with Gasteiger partial charge in [-0.05, 0) is 18.9 Å². The van der Waals surface area contributed by atoms with Crippen molar-refractivity contribution in [2.45, 2.75) is 25.2 Å². The predicted molar refractivity (Wildman–Crippen MR) is 63.6 cm³/mol. The van der Waals surface area contributed by atoms with E-state index in [1.165, 1.54) is 0 Å². The van der Waals surface area contributed by atoms with Crippen LogP contribution in [-0.2, 0) is 14.2 Å². The van der Waals surface area contributed by atoms with Crippen LogP contribution in [0.15, 0.2) is 24.4 Å². The Morgan fingerprint density at radius 3 is 3.16 bits per heavy atom. The highest BCUT2D eigenvalue weighted by molar-refractivity contribution is 5.63. The van der Waals surface area contributed by atoms with E-state index < -0.39 is 6.16 Å². The van der Waals surface area contributed by atoms with Gasteiger partial charge in [0, 0.05) is 24.8 Å². The van der Waals surface area contributed by atoms with Crippen LogP contribution in [0.4, 0.5) is 4.79 Å². The molecule has 1 aromatic rings. The Kier molecular flexibility index (Phi) is 3.61. The third-order valence-corrected chi connectivity index (χ3v) is 3.29. The minimum atomic E-state index is -0.751. The van der Waals surface area contributed by atoms with Gasteiger partial charge in [-0.1, -0.05) is 6.07 Å². The summed E-state index contributed by atoms with van der Waals surface area (Å²) in [5.41, 5.74) is 0. The second-order valence-electron chi connectivity index (χ2n) is 4.55. The molecule has 0 bridgehead atoms. The molecule has 2 fully saturated rings. The van der Waals surface area contributed by atoms with Crippen LogP contribution in [0.2, 0.25) is 0 Å². The molecule has 0 N–H and O–H groups in total. The number of nitrogens with zero attached hydrogens (tertiary/aromatic N) is 1. The summed E-state index contributed by atoms with van der Waals surface area (Å²) < 4.78 is 21.2. The maximum absolute atomic E-state index is 11.7. The summed E-state index contributed by atoms with van der Waals surface area (Å²) >= 11 is 0. The number of hydrogen-bond donors (Lipinski definition) is 0. The van der Waals surface area contributed by atoms with Crippen molar-refractivity contribution in [1.29, 1.82) is 0 Å². The molecule has 102 valence electrons. The molecule has 3 heterocycles. The summed E-state index contributed by atoms with van der Waals surface area (Å²) in [4.78, 5) is 15.6. The fourth-order valence-electron chi connectivity index (χ4n) is 2.39. The Morgan fingerprint density at radius 2 is 2.32 bits per heavy atom. The monoisotopic (exact) mass is 265 g/mol. The molecule has 2 aliphatic rings. The Hall–Kier alpha value is -1.66. The van der Waals surface area contributed by atoms with Crippen LogP contribution >= 0.6 is 0 Å². The molecule has 0 saturated carbocycles. The highest BCUT2D eigenvalue weighted by Gasteiger charge is 2.42. The lowest BCUT2D eigenvalue weighted by Gasteiger charge is -2.26. The van der Waals surface area contributed by atoms with Gasteiger partial charge in [-0.15, -0.1) is 0 Å². The first-order valence-electron chi connectivity index (χ1n) is 6.35. The Morgan fingerprint density at radius 1 is 1.37 bits per heavy atom. The van der Waals surface area contributed by atoms with Crippen LogP contribution in [0.25, 0.3) is 0 Å². The van der Waals surface area contributed by atoms with Gasteiger partial charge in [0.15, 0.2) is 6.29 Å². The lowest BCUT2D eigenvalue weighted by atomic mass is 9.97. The summed E-state index contributed by atoms with van der Waals surface area (Å²) in [7, 11) is 0. The van der Waals surface area contributed by atoms with Crippen molar-refractivity contribution >= 4 is 6.16 Å². The van der Waals surface area contributed by atoms with Crippen molar-refractivity contribution in [3.63, 3.8) is 0 Å². The predicted octanol–water partition coefficient (Wildman–Crippen LogP) is 1.75. The largest absolute Gasteiger partial charge is 0.515 e. The minimum Gasteiger partial charge on any atom is -0.428 e. The van der Waals surface area contributed by atoms with E-state index in [4.69, 9.17) is 18.9 Å². The van der Waals surface area contributed by atoms with E-state index in [9.17, 15) is 4.79 Å². The maximum Gasteiger partial charge on any atom is 0.515 e. The van der Waals surface area contributed by atoms with Crippen molar-refractivity contribution in [1.82, 2.24) is 4.98 Å². The molecule has 3 rings (SSSR count). The standard InChI is InChI=1S/C13H15NO5/c15-13(19-11-5-1-2-6-14-11)18-10-8-17-12-9(10)4-3-7-16-12/h1-2,5-6,9-10,12H,3-4,7-8H2/t9-,10-,12+/m0/s1. The normalized spacial score (nSPS) is 29.6. The molecule has 2 aliphatic heterocycles. The van der Waals surface area contributed by atoms with Crippen molar-refractivity contribution in [2.24, 2.45) is 5.92 Å². The minimum absolute atomic E-state index is 0.102. The molecular weight excluding hydrogens is 250 g/mol. The molecule has 6 heteroatoms. The molecule has 0 aromatic carbocycles. The maximum atomic E-state index is 11.7. The fourth-order valence-corrected chi connectivity index (χ4v) is 2.39. The zero-order valence-corrected chi connectivity index (χ0v) is 10.4. The number of rotatable bonds is 2. The smallest absolute Gasteiger partial charge is 0.428 e. The second-order valence-corrected chi connectivity index (χ2v) is 4.55. The van der Waals surface area contributed by atoms with E-state index in [0.29, 0.717) is 13.2 Å². The van der Waals surface area contributed by atoms with Gasteiger partial charge >= 0.3 is 6.16 Å². The fraction of sp³-hybridized carbons (Fsp3) is 0.538. The second kappa shape index (κ2) is 5.54. The molecule has 0 radical (unpaired) electrons. The van der Waals surface area contributed by atoms with Crippen molar-refractivity contribution < 1.29 is 23.7 Å². The average molecular weight is 265 g/mol. The number of carbonyl (C=O) groups is 1. The van der Waals surface area contributed by atoms with Crippen molar-refractivity contribution in [2.75, 3.05) is 13.2 Å². The van der Waals surface area contributed by atoms with E-state index in [2.05, 4.69) is 4.98 Å². The number of carbonyl (C=O) groups excluding carboxylic acids is 1. The lowest BCUT2D eigenvalue weighted by molar-refractivity contribution is -0.152. The van der Waals surface area contributed by atoms with Gasteiger partial charge in [0.2, 0.25) is 5.88 Å². The topological polar surface area (TPSA) is 66.9 Å². The third-order valence-electron chi connectivity index (χ3n) is 3.29. The van der Waals surface area contributed by atoms with Crippen LogP contribution in [-0.4, -0.2) is 36.7 Å². The first-order valence-corrected chi connectivity index (χ1v) is 6.35. The number of fused-ring (bicyclic) bond motifs is 1. The average Bonchev–Trinajstić information content (AvgIpc) is 2.83. The Bertz CT molecular complexity index is 438. The summed E-state index contributed by atoms with van der Waals surface area (Å²) in [6.07, 6.45) is 2.14. The number of pyridine rings is 1. The quantitative estimate of drug-likeness (QED) is 0.759. The molecule has 19 heavy (non-hydrogen) atoms. The molecule has 0 spiro atoms. The van der Waals surface area contributed by atoms with Crippen LogP contribution in [0, 0.1) is 5.92 Å². The van der Waals surface area contributed by atoms with Crippen molar-refractivity contribution in [3.05, 3.63) is 24.4 Å². The number of aromatic nitrogens is 1. The SMILES string of the molecule is O=C(Oc1ccccn1)O[C@H]1CO[C@H]2OCCC[C@H]21. The zero-order chi connectivity index (χ0) is 13.1. The molecule has 1 aromatic heterocycles. The Labute approximate surface area is 110 Å². The third kappa shape index (κ3) is 2.85. The van der Waals surface area contributed by atoms with Crippen LogP contribution < -0.4 is 4.74 Å². The van der Waals surface area contributed by atoms with Crippen molar-refractivity contribution in [3.8, 4) is 5.88 Å². The van der Waals surface area contributed by atoms with Gasteiger partial charge in [-0.25, -0.2) is 9.78 Å². The first-order chi connectivity index (χ1) is 9.33. The van der Waals surface area contributed by atoms with Gasteiger partial charge < -0.3 is 18.9 Å². The molecule has 6 nitrogen and oxygen atoms in total. The molecule has 0 aliphatic carbocycles. The molecule has 0 unspecified atom stereocenters. The number of ether oxygens (including phenoxy) is 4. The number of hydrogen-bond acceptors (Lipinski definition) is 6. The van der Waals surface area contributed by atoms with Crippen LogP contribution in [0.5, 0.6) is 5.88 Å². The van der Waals surface area contributed by atoms with E-state index in [-0.39, 0.29) is 24.2 Å². The van der Waals surface area contributed by atoms with Crippen LogP contribution in [0.3, 0.4) is 0 Å². The summed E-state index contributed by atoms with van der Waals surface area (Å²) in [6, 6.07) is 5.07. The van der Waals surface area contributed by atoms with Gasteiger partial charge in [0.05, 0.1) is 6.61 Å². The van der Waals surface area contributed by atoms with E-state index in [0.717, 1.165) is 12.8 Å². The van der Waals surface area contributed by atoms with Gasteiger partial charge in [0.25, 0.3) is 0 Å². The highest BCUT2D eigenvalue weighted by atomic mass is 16.8. The summed E-state index contributed by atoms with van der Waals surface area (Å²) in [5, 5.41) is 0. The van der Waals surface area contributed by atoms with E-state index >= 15 is 0 Å². The van der Waals surface area contributed by atoms with Gasteiger partial charge in [0.1, 0.15) is 6.10 Å². The molecule has 3 atom stereocenters. The van der Waals surface area contributed by atoms with Gasteiger partial charge in [-0.2, -0.15) is 0 Å². The first kappa shape index (κ1) is 12.4. The van der Waals surface area contributed by atoms with Gasteiger partial charge in [-0.3, -0.25) is 0 Å². The molecule has 0 amide bonds. The lowest BCUT2D eigenvalue weighted by Crippen LogP contribution is -2.34. The summed E-state index contributed by atoms with van der Waals surface area (Å²) in [6.45, 7) is 1.05. The zero-order valence-electron chi connectivity index (χ0n) is 10.4. The van der Waals surface area contributed by atoms with E-state index in [1.54, 1.807) is 24.4 Å².